The molecular formula is C23H15N3O3S. The number of aromatic nitrogens is 3. The number of nitrogens with one attached hydrogen (secondary N) is 2. The zero-order valence-electron chi connectivity index (χ0n) is 15.6. The minimum Gasteiger partial charge on any atom is -0.481 e. The van der Waals surface area contributed by atoms with E-state index in [-0.39, 0.29) is 5.56 Å². The Hall–Kier alpha value is -4.02. The Morgan fingerprint density at radius 1 is 1.13 bits per heavy atom. The van der Waals surface area contributed by atoms with Crippen LogP contribution in [-0.4, -0.2) is 32.9 Å². The Balaban J connectivity index is 1.37. The molecule has 2 aromatic heterocycles. The number of thiophene rings is 1. The molecule has 1 aliphatic carbocycles. The number of fused-ring (bicyclic) bond motifs is 3. The largest absolute Gasteiger partial charge is 0.481 e. The summed E-state index contributed by atoms with van der Waals surface area (Å²) in [5, 5.41) is 18.4. The fourth-order valence-corrected chi connectivity index (χ4v) is 4.07. The van der Waals surface area contributed by atoms with E-state index in [1.54, 1.807) is 17.4 Å². The highest BCUT2D eigenvalue weighted by Gasteiger charge is 2.20. The average Bonchev–Trinajstić information content (AvgIpc) is 3.46. The topological polar surface area (TPSA) is 91.0 Å². The molecular weight excluding hydrogens is 398 g/mol. The number of ether oxygens (including phenoxy) is 1. The minimum absolute atomic E-state index is 0.164. The molecule has 5 rings (SSSR count). The van der Waals surface area contributed by atoms with Gasteiger partial charge in [0.05, 0.1) is 27.3 Å². The number of H-pyrrole nitrogens is 2. The third-order valence-electron chi connectivity index (χ3n) is 4.72. The molecule has 0 amide bonds. The maximum atomic E-state index is 11.2. The molecule has 30 heavy (non-hydrogen) atoms. The van der Waals surface area contributed by atoms with Gasteiger partial charge in [-0.15, -0.1) is 11.3 Å². The molecule has 1 aliphatic heterocycles. The molecule has 0 unspecified atom stereocenters. The van der Waals surface area contributed by atoms with E-state index in [2.05, 4.69) is 27.0 Å². The SMILES string of the molecule is O=C(O)c1cnc2cc3c(-c4csc(C#CCOc5ccccc5)c4)[nH][nH]c-3c2c1. The normalized spacial score (nSPS) is 10.8. The lowest BCUT2D eigenvalue weighted by Gasteiger charge is -1.99. The maximum absolute atomic E-state index is 11.2. The van der Waals surface area contributed by atoms with E-state index in [4.69, 9.17) is 4.74 Å². The number of rotatable bonds is 4. The van der Waals surface area contributed by atoms with Gasteiger partial charge in [0, 0.05) is 28.1 Å². The smallest absolute Gasteiger partial charge is 0.337 e. The number of aromatic amines is 2. The Morgan fingerprint density at radius 2 is 1.97 bits per heavy atom. The van der Waals surface area contributed by atoms with Gasteiger partial charge in [-0.3, -0.25) is 15.2 Å². The fourth-order valence-electron chi connectivity index (χ4n) is 3.31. The lowest BCUT2D eigenvalue weighted by atomic mass is 10.1. The molecule has 146 valence electrons. The van der Waals surface area contributed by atoms with Crippen LogP contribution in [0.1, 0.15) is 15.2 Å². The Morgan fingerprint density at radius 3 is 2.80 bits per heavy atom. The van der Waals surface area contributed by atoms with E-state index < -0.39 is 5.97 Å². The van der Waals surface area contributed by atoms with Crippen LogP contribution in [0.2, 0.25) is 0 Å². The van der Waals surface area contributed by atoms with Gasteiger partial charge in [0.1, 0.15) is 12.4 Å². The molecule has 6 nitrogen and oxygen atoms in total. The van der Waals surface area contributed by atoms with E-state index >= 15 is 0 Å². The Kier molecular flexibility index (Phi) is 4.46. The third kappa shape index (κ3) is 3.30. The number of carbonyl (C=O) groups is 1. The second-order valence-corrected chi connectivity index (χ2v) is 7.53. The molecule has 0 atom stereocenters. The van der Waals surface area contributed by atoms with Crippen LogP contribution < -0.4 is 4.74 Å². The first-order chi connectivity index (χ1) is 14.7. The van der Waals surface area contributed by atoms with Crippen molar-refractivity contribution in [2.24, 2.45) is 0 Å². The molecule has 0 fully saturated rings. The molecule has 3 heterocycles. The maximum Gasteiger partial charge on any atom is 0.337 e. The summed E-state index contributed by atoms with van der Waals surface area (Å²) >= 11 is 1.56. The van der Waals surface area contributed by atoms with Gasteiger partial charge in [0.2, 0.25) is 0 Å². The van der Waals surface area contributed by atoms with E-state index in [0.717, 1.165) is 44.0 Å². The second kappa shape index (κ2) is 7.43. The van der Waals surface area contributed by atoms with E-state index in [1.165, 1.54) is 6.20 Å². The van der Waals surface area contributed by atoms with Gasteiger partial charge in [-0.1, -0.05) is 30.0 Å². The number of hydrogen-bond donors (Lipinski definition) is 3. The van der Waals surface area contributed by atoms with Crippen molar-refractivity contribution in [3.8, 4) is 40.1 Å². The molecule has 3 N–H and O–H groups in total. The molecule has 7 heteroatoms. The predicted molar refractivity (Wildman–Crippen MR) is 116 cm³/mol. The van der Waals surface area contributed by atoms with Gasteiger partial charge >= 0.3 is 5.97 Å². The number of carboxylic acid groups (broad SMARTS) is 1. The number of pyridine rings is 1. The summed E-state index contributed by atoms with van der Waals surface area (Å²) < 4.78 is 5.60. The summed E-state index contributed by atoms with van der Waals surface area (Å²) in [7, 11) is 0. The van der Waals surface area contributed by atoms with Crippen molar-refractivity contribution in [2.75, 3.05) is 6.61 Å². The number of para-hydroxylation sites is 1. The number of aromatic carboxylic acids is 1. The number of nitrogens with zero attached hydrogens (tertiary/aromatic N) is 1. The van der Waals surface area contributed by atoms with Crippen LogP contribution in [0.15, 0.2) is 60.1 Å². The molecule has 3 aromatic rings. The van der Waals surface area contributed by atoms with Crippen molar-refractivity contribution in [3.63, 3.8) is 0 Å². The highest BCUT2D eigenvalue weighted by molar-refractivity contribution is 7.11. The quantitative estimate of drug-likeness (QED) is 0.367. The first-order valence-corrected chi connectivity index (χ1v) is 10.0. The molecule has 0 radical (unpaired) electrons. The average molecular weight is 413 g/mol. The summed E-state index contributed by atoms with van der Waals surface area (Å²) in [5.41, 5.74) is 4.65. The number of benzene rings is 1. The summed E-state index contributed by atoms with van der Waals surface area (Å²) in [4.78, 5) is 16.5. The van der Waals surface area contributed by atoms with Crippen LogP contribution in [0.25, 0.3) is 33.4 Å². The first-order valence-electron chi connectivity index (χ1n) is 9.17. The first kappa shape index (κ1) is 18.0. The van der Waals surface area contributed by atoms with Crippen LogP contribution in [0, 0.1) is 11.8 Å². The second-order valence-electron chi connectivity index (χ2n) is 6.62. The minimum atomic E-state index is -0.994. The lowest BCUT2D eigenvalue weighted by molar-refractivity contribution is 0.0696. The van der Waals surface area contributed by atoms with Crippen LogP contribution in [0.4, 0.5) is 0 Å². The highest BCUT2D eigenvalue weighted by atomic mass is 32.1. The van der Waals surface area contributed by atoms with Gasteiger partial charge in [0.25, 0.3) is 0 Å². The van der Waals surface area contributed by atoms with Crippen molar-refractivity contribution >= 4 is 28.2 Å². The highest BCUT2D eigenvalue weighted by Crippen LogP contribution is 2.39. The summed E-state index contributed by atoms with van der Waals surface area (Å²) in [5.74, 6) is 5.98. The molecule has 1 aromatic carbocycles. The van der Waals surface area contributed by atoms with Crippen molar-refractivity contribution in [1.82, 2.24) is 15.2 Å². The number of hydrogen-bond acceptors (Lipinski definition) is 4. The van der Waals surface area contributed by atoms with Gasteiger partial charge in [-0.25, -0.2) is 4.79 Å². The molecule has 2 aliphatic rings. The van der Waals surface area contributed by atoms with Crippen LogP contribution in [0.5, 0.6) is 5.75 Å². The summed E-state index contributed by atoms with van der Waals surface area (Å²) in [6, 6.07) is 15.2. The molecule has 0 spiro atoms. The lowest BCUT2D eigenvalue weighted by Crippen LogP contribution is -1.96. The molecule has 0 saturated heterocycles. The molecule has 0 bridgehead atoms. The summed E-state index contributed by atoms with van der Waals surface area (Å²) in [6.07, 6.45) is 1.38. The van der Waals surface area contributed by atoms with Crippen molar-refractivity contribution < 1.29 is 14.6 Å². The standard InChI is InChI=1S/C23H15N3O3S/c27-23(28)14-10-18-20(24-12-14)11-19-21(25-26-22(18)19)15-9-17(30-13-15)7-4-8-29-16-5-2-1-3-6-16/h1-3,5-6,9-13,25-26H,8H2,(H,27,28). The monoisotopic (exact) mass is 413 g/mol. The fraction of sp³-hybridized carbons (Fsp3) is 0.0435. The van der Waals surface area contributed by atoms with Crippen LogP contribution in [-0.2, 0) is 0 Å². The van der Waals surface area contributed by atoms with Gasteiger partial charge in [0.15, 0.2) is 0 Å². The molecule has 0 saturated carbocycles. The van der Waals surface area contributed by atoms with Gasteiger partial charge < -0.3 is 9.84 Å². The van der Waals surface area contributed by atoms with Crippen molar-refractivity contribution in [1.29, 1.82) is 0 Å². The third-order valence-corrected chi connectivity index (χ3v) is 5.57. The van der Waals surface area contributed by atoms with E-state index in [9.17, 15) is 9.90 Å². The van der Waals surface area contributed by atoms with E-state index in [0.29, 0.717) is 6.61 Å². The van der Waals surface area contributed by atoms with Crippen molar-refractivity contribution in [3.05, 3.63) is 70.5 Å². The van der Waals surface area contributed by atoms with Gasteiger partial charge in [-0.05, 0) is 30.3 Å². The number of carboxylic acids is 1. The van der Waals surface area contributed by atoms with E-state index in [1.807, 2.05) is 47.8 Å². The summed E-state index contributed by atoms with van der Waals surface area (Å²) in [6.45, 7) is 0.323. The zero-order chi connectivity index (χ0) is 20.5. The zero-order valence-corrected chi connectivity index (χ0v) is 16.4. The predicted octanol–water partition coefficient (Wildman–Crippen LogP) is 4.85. The van der Waals surface area contributed by atoms with Crippen LogP contribution >= 0.6 is 11.3 Å². The Bertz CT molecular complexity index is 1390. The van der Waals surface area contributed by atoms with Crippen molar-refractivity contribution in [2.45, 2.75) is 0 Å². The van der Waals surface area contributed by atoms with Gasteiger partial charge in [-0.2, -0.15) is 0 Å². The Labute approximate surface area is 175 Å². The van der Waals surface area contributed by atoms with Crippen LogP contribution in [0.3, 0.4) is 0 Å².